The summed E-state index contributed by atoms with van der Waals surface area (Å²) < 4.78 is 16.7. The average Bonchev–Trinajstić information content (AvgIpc) is 2.16. The van der Waals surface area contributed by atoms with E-state index < -0.39 is 18.7 Å². The first-order chi connectivity index (χ1) is 6.20. The zero-order valence-electron chi connectivity index (χ0n) is 7.49. The van der Waals surface area contributed by atoms with E-state index in [-0.39, 0.29) is 13.2 Å². The molecule has 0 saturated heterocycles. The minimum atomic E-state index is -0.668. The number of halogens is 1. The minimum Gasteiger partial charge on any atom is -0.373 e. The summed E-state index contributed by atoms with van der Waals surface area (Å²) in [4.78, 5) is 19.0. The summed E-state index contributed by atoms with van der Waals surface area (Å²) in [5, 5.41) is 0. The highest BCUT2D eigenvalue weighted by atomic mass is 19.1. The molecule has 0 N–H and O–H groups in total. The van der Waals surface area contributed by atoms with Gasteiger partial charge >= 0.3 is 5.97 Å². The average molecular weight is 192 g/mol. The van der Waals surface area contributed by atoms with Crippen LogP contribution in [0.25, 0.3) is 0 Å². The maximum atomic E-state index is 11.8. The van der Waals surface area contributed by atoms with E-state index in [1.54, 1.807) is 6.92 Å². The molecule has 0 aromatic heterocycles. The summed E-state index contributed by atoms with van der Waals surface area (Å²) in [5.74, 6) is -0.668. The van der Waals surface area contributed by atoms with Crippen LogP contribution in [-0.2, 0) is 19.3 Å². The first-order valence-electron chi connectivity index (χ1n) is 3.84. The molecule has 1 atom stereocenters. The van der Waals surface area contributed by atoms with Gasteiger partial charge in [0, 0.05) is 6.08 Å². The zero-order chi connectivity index (χ0) is 10.1. The number of carbonyl (C=O) groups is 1. The Morgan fingerprint density at radius 3 is 2.85 bits per heavy atom. The molecule has 1 unspecified atom stereocenters. The Labute approximate surface area is 76.2 Å². The third-order valence-electron chi connectivity index (χ3n) is 1.09. The van der Waals surface area contributed by atoms with E-state index in [1.807, 2.05) is 0 Å². The normalized spacial score (nSPS) is 12.2. The third-order valence-corrected chi connectivity index (χ3v) is 1.09. The van der Waals surface area contributed by atoms with Crippen LogP contribution < -0.4 is 0 Å². The fraction of sp³-hybridized carbons (Fsp3) is 0.625. The first kappa shape index (κ1) is 12.1. The minimum absolute atomic E-state index is 0.0733. The van der Waals surface area contributed by atoms with Crippen molar-refractivity contribution in [1.29, 1.82) is 0 Å². The van der Waals surface area contributed by atoms with E-state index in [4.69, 9.17) is 4.74 Å². The number of hydrogen-bond donors (Lipinski definition) is 0. The summed E-state index contributed by atoms with van der Waals surface area (Å²) in [5.41, 5.74) is 0. The van der Waals surface area contributed by atoms with Gasteiger partial charge in [0.2, 0.25) is 0 Å². The molecule has 0 bridgehead atoms. The molecule has 0 aromatic rings. The number of ether oxygens (including phenoxy) is 1. The molecule has 13 heavy (non-hydrogen) atoms. The molecule has 76 valence electrons. The van der Waals surface area contributed by atoms with E-state index in [1.165, 1.54) is 0 Å². The van der Waals surface area contributed by atoms with Crippen LogP contribution in [0.4, 0.5) is 4.39 Å². The van der Waals surface area contributed by atoms with Gasteiger partial charge in [0.05, 0.1) is 12.7 Å². The van der Waals surface area contributed by atoms with Gasteiger partial charge < -0.3 is 4.74 Å². The lowest BCUT2D eigenvalue weighted by Crippen LogP contribution is -2.15. The van der Waals surface area contributed by atoms with E-state index in [2.05, 4.69) is 16.4 Å². The van der Waals surface area contributed by atoms with E-state index in [9.17, 15) is 9.18 Å². The molecule has 0 heterocycles. The second-order valence-electron chi connectivity index (χ2n) is 2.26. The topological polar surface area (TPSA) is 44.8 Å². The van der Waals surface area contributed by atoms with Crippen LogP contribution in [-0.4, -0.2) is 32.0 Å². The standard InChI is InChI=1S/C8H13FO4/c1-3-8(10)13-12-5-4-11-7(2)6-9/h3,7H,1,4-6H2,2H3. The van der Waals surface area contributed by atoms with E-state index in [0.29, 0.717) is 0 Å². The molecule has 5 heteroatoms. The molecule has 0 saturated carbocycles. The van der Waals surface area contributed by atoms with Gasteiger partial charge in [-0.1, -0.05) is 6.58 Å². The van der Waals surface area contributed by atoms with Crippen molar-refractivity contribution in [3.8, 4) is 0 Å². The maximum absolute atomic E-state index is 11.8. The molecule has 0 aliphatic rings. The van der Waals surface area contributed by atoms with Crippen molar-refractivity contribution in [2.45, 2.75) is 13.0 Å². The Bertz CT molecular complexity index is 160. The monoisotopic (exact) mass is 192 g/mol. The van der Waals surface area contributed by atoms with Gasteiger partial charge in [-0.25, -0.2) is 9.18 Å². The van der Waals surface area contributed by atoms with Crippen molar-refractivity contribution < 1.29 is 23.7 Å². The summed E-state index contributed by atoms with van der Waals surface area (Å²) in [7, 11) is 0. The second kappa shape index (κ2) is 7.70. The highest BCUT2D eigenvalue weighted by molar-refractivity contribution is 5.80. The summed E-state index contributed by atoms with van der Waals surface area (Å²) in [6.45, 7) is 4.46. The molecule has 0 rings (SSSR count). The number of carbonyl (C=O) groups excluding carboxylic acids is 1. The van der Waals surface area contributed by atoms with Crippen molar-refractivity contribution in [2.24, 2.45) is 0 Å². The summed E-state index contributed by atoms with van der Waals surface area (Å²) in [6.07, 6.45) is 0.518. The Hall–Kier alpha value is -0.940. The van der Waals surface area contributed by atoms with Gasteiger partial charge in [-0.05, 0) is 6.92 Å². The Kier molecular flexibility index (Phi) is 7.14. The van der Waals surface area contributed by atoms with Crippen molar-refractivity contribution in [3.63, 3.8) is 0 Å². The van der Waals surface area contributed by atoms with Gasteiger partial charge in [-0.3, -0.25) is 4.89 Å². The smallest absolute Gasteiger partial charge is 0.365 e. The van der Waals surface area contributed by atoms with Crippen LogP contribution in [0.15, 0.2) is 12.7 Å². The lowest BCUT2D eigenvalue weighted by molar-refractivity contribution is -0.272. The lowest BCUT2D eigenvalue weighted by atomic mass is 10.4. The molecule has 0 fully saturated rings. The SMILES string of the molecule is C=CC(=O)OOCCOC(C)CF. The highest BCUT2D eigenvalue weighted by Gasteiger charge is 2.01. The fourth-order valence-electron chi connectivity index (χ4n) is 0.462. The van der Waals surface area contributed by atoms with Crippen molar-refractivity contribution in [1.82, 2.24) is 0 Å². The molecule has 0 spiro atoms. The van der Waals surface area contributed by atoms with Gasteiger partial charge in [0.15, 0.2) is 0 Å². The van der Waals surface area contributed by atoms with E-state index in [0.717, 1.165) is 6.08 Å². The predicted octanol–water partition coefficient (Wildman–Crippen LogP) is 1.02. The number of alkyl halides is 1. The third kappa shape index (κ3) is 7.42. The highest BCUT2D eigenvalue weighted by Crippen LogP contribution is 1.91. The molecule has 0 aliphatic carbocycles. The molecular weight excluding hydrogens is 179 g/mol. The van der Waals surface area contributed by atoms with E-state index >= 15 is 0 Å². The Morgan fingerprint density at radius 1 is 1.62 bits per heavy atom. The van der Waals surface area contributed by atoms with Crippen molar-refractivity contribution in [3.05, 3.63) is 12.7 Å². The molecular formula is C8H13FO4. The summed E-state index contributed by atoms with van der Waals surface area (Å²) in [6, 6.07) is 0. The van der Waals surface area contributed by atoms with Gasteiger partial charge in [0.25, 0.3) is 0 Å². The number of hydrogen-bond acceptors (Lipinski definition) is 4. The van der Waals surface area contributed by atoms with Crippen LogP contribution in [0.2, 0.25) is 0 Å². The predicted molar refractivity (Wildman–Crippen MR) is 43.6 cm³/mol. The van der Waals surface area contributed by atoms with Crippen molar-refractivity contribution in [2.75, 3.05) is 19.9 Å². The molecule has 0 aliphatic heterocycles. The quantitative estimate of drug-likeness (QED) is 0.261. The Balaban J connectivity index is 3.17. The molecule has 0 aromatic carbocycles. The van der Waals surface area contributed by atoms with Crippen LogP contribution in [0, 0.1) is 0 Å². The fourth-order valence-corrected chi connectivity index (χ4v) is 0.462. The lowest BCUT2D eigenvalue weighted by Gasteiger charge is -2.07. The molecule has 4 nitrogen and oxygen atoms in total. The van der Waals surface area contributed by atoms with Gasteiger partial charge in [0.1, 0.15) is 13.3 Å². The van der Waals surface area contributed by atoms with Crippen molar-refractivity contribution >= 4 is 5.97 Å². The first-order valence-corrected chi connectivity index (χ1v) is 3.84. The number of rotatable bonds is 7. The largest absolute Gasteiger partial charge is 0.373 e. The Morgan fingerprint density at radius 2 is 2.31 bits per heavy atom. The van der Waals surface area contributed by atoms with Crippen LogP contribution in [0.5, 0.6) is 0 Å². The molecule has 0 radical (unpaired) electrons. The zero-order valence-corrected chi connectivity index (χ0v) is 7.49. The van der Waals surface area contributed by atoms with Crippen LogP contribution in [0.1, 0.15) is 6.92 Å². The second-order valence-corrected chi connectivity index (χ2v) is 2.26. The van der Waals surface area contributed by atoms with Gasteiger partial charge in [-0.15, -0.1) is 0 Å². The van der Waals surface area contributed by atoms with Crippen LogP contribution in [0.3, 0.4) is 0 Å². The summed E-state index contributed by atoms with van der Waals surface area (Å²) >= 11 is 0. The molecule has 0 amide bonds. The van der Waals surface area contributed by atoms with Gasteiger partial charge in [-0.2, -0.15) is 4.89 Å². The maximum Gasteiger partial charge on any atom is 0.365 e. The van der Waals surface area contributed by atoms with Crippen LogP contribution >= 0.6 is 0 Å².